The smallest absolute Gasteiger partial charge is 0.303 e. The van der Waals surface area contributed by atoms with Gasteiger partial charge in [-0.1, -0.05) is 18.0 Å². The second kappa shape index (κ2) is 6.26. The van der Waals surface area contributed by atoms with Crippen molar-refractivity contribution in [2.75, 3.05) is 6.61 Å². The Bertz CT molecular complexity index is 476. The molecule has 0 fully saturated rings. The molecule has 1 atom stereocenters. The summed E-state index contributed by atoms with van der Waals surface area (Å²) in [6.07, 6.45) is 3.23. The lowest BCUT2D eigenvalue weighted by Crippen LogP contribution is -2.11. The van der Waals surface area contributed by atoms with E-state index < -0.39 is 5.97 Å². The van der Waals surface area contributed by atoms with Gasteiger partial charge in [0.15, 0.2) is 0 Å². The van der Waals surface area contributed by atoms with Gasteiger partial charge < -0.3 is 15.6 Å². The van der Waals surface area contributed by atoms with Gasteiger partial charge in [0, 0.05) is 29.5 Å². The van der Waals surface area contributed by atoms with Crippen LogP contribution in [0.2, 0.25) is 5.02 Å². The van der Waals surface area contributed by atoms with E-state index in [9.17, 15) is 4.79 Å². The first kappa shape index (κ1) is 14.2. The van der Waals surface area contributed by atoms with Crippen LogP contribution in [0.3, 0.4) is 0 Å². The highest BCUT2D eigenvalue weighted by Crippen LogP contribution is 2.36. The summed E-state index contributed by atoms with van der Waals surface area (Å²) in [6.45, 7) is 0.675. The molecule has 0 bridgehead atoms. The van der Waals surface area contributed by atoms with Gasteiger partial charge in [-0.05, 0) is 30.5 Å². The van der Waals surface area contributed by atoms with Gasteiger partial charge in [-0.2, -0.15) is 0 Å². The second-order valence-electron chi connectivity index (χ2n) is 4.83. The third-order valence-corrected chi connectivity index (χ3v) is 3.55. The minimum absolute atomic E-state index is 0.153. The molecule has 0 aromatic heterocycles. The van der Waals surface area contributed by atoms with Crippen molar-refractivity contribution in [3.05, 3.63) is 28.3 Å². The summed E-state index contributed by atoms with van der Waals surface area (Å²) in [4.78, 5) is 10.4. The predicted octanol–water partition coefficient (Wildman–Crippen LogP) is 2.92. The van der Waals surface area contributed by atoms with Crippen LogP contribution < -0.4 is 10.5 Å². The van der Waals surface area contributed by atoms with Crippen molar-refractivity contribution in [1.29, 1.82) is 0 Å². The van der Waals surface area contributed by atoms with Crippen LogP contribution in [0.4, 0.5) is 0 Å². The molecule has 2 rings (SSSR count). The zero-order valence-electron chi connectivity index (χ0n) is 10.7. The highest BCUT2D eigenvalue weighted by atomic mass is 35.5. The molecule has 0 radical (unpaired) electrons. The molecule has 19 heavy (non-hydrogen) atoms. The van der Waals surface area contributed by atoms with Gasteiger partial charge in [0.2, 0.25) is 0 Å². The number of benzene rings is 1. The monoisotopic (exact) mass is 283 g/mol. The van der Waals surface area contributed by atoms with E-state index in [2.05, 4.69) is 0 Å². The van der Waals surface area contributed by atoms with Gasteiger partial charge >= 0.3 is 5.97 Å². The molecule has 0 saturated carbocycles. The number of unbranched alkanes of at least 4 members (excludes halogenated alkanes) is 1. The number of hydrogen-bond donors (Lipinski definition) is 2. The summed E-state index contributed by atoms with van der Waals surface area (Å²) in [5, 5.41) is 9.27. The standard InChI is InChI=1S/C14H18ClNO3/c15-10-7-9-5-6-19-14(9)11(8-10)12(16)3-1-2-4-13(17)18/h7-8,12H,1-6,16H2,(H,17,18). The Balaban J connectivity index is 1.99. The number of aliphatic carboxylic acids is 1. The molecule has 0 amide bonds. The normalized spacial score (nSPS) is 14.8. The second-order valence-corrected chi connectivity index (χ2v) is 5.26. The summed E-state index contributed by atoms with van der Waals surface area (Å²) in [5.41, 5.74) is 8.22. The van der Waals surface area contributed by atoms with E-state index in [-0.39, 0.29) is 12.5 Å². The van der Waals surface area contributed by atoms with Crippen LogP contribution in [0.1, 0.15) is 42.9 Å². The van der Waals surface area contributed by atoms with Crippen molar-refractivity contribution in [2.45, 2.75) is 38.1 Å². The van der Waals surface area contributed by atoms with Gasteiger partial charge in [-0.15, -0.1) is 0 Å². The summed E-state index contributed by atoms with van der Waals surface area (Å²) in [5.74, 6) is 0.107. The Hall–Kier alpha value is -1.26. The van der Waals surface area contributed by atoms with Crippen LogP contribution in [0.15, 0.2) is 12.1 Å². The van der Waals surface area contributed by atoms with Crippen LogP contribution >= 0.6 is 11.6 Å². The Morgan fingerprint density at radius 2 is 2.26 bits per heavy atom. The van der Waals surface area contributed by atoms with E-state index in [0.29, 0.717) is 18.1 Å². The Kier molecular flexibility index (Phi) is 4.66. The molecule has 0 spiro atoms. The largest absolute Gasteiger partial charge is 0.493 e. The van der Waals surface area contributed by atoms with Crippen molar-refractivity contribution >= 4 is 17.6 Å². The molecule has 4 nitrogen and oxygen atoms in total. The van der Waals surface area contributed by atoms with Gasteiger partial charge in [0.05, 0.1) is 6.61 Å². The van der Waals surface area contributed by atoms with Gasteiger partial charge in [-0.25, -0.2) is 0 Å². The number of nitrogens with two attached hydrogens (primary N) is 1. The fraction of sp³-hybridized carbons (Fsp3) is 0.500. The molecule has 5 heteroatoms. The Morgan fingerprint density at radius 3 is 3.00 bits per heavy atom. The number of carboxylic acid groups (broad SMARTS) is 1. The Morgan fingerprint density at radius 1 is 1.47 bits per heavy atom. The Labute approximate surface area is 117 Å². The lowest BCUT2D eigenvalue weighted by Gasteiger charge is -2.16. The number of carboxylic acids is 1. The summed E-state index contributed by atoms with van der Waals surface area (Å²) >= 11 is 6.09. The van der Waals surface area contributed by atoms with Crippen LogP contribution in [0.25, 0.3) is 0 Å². The van der Waals surface area contributed by atoms with Crippen LogP contribution in [0.5, 0.6) is 5.75 Å². The number of hydrogen-bond acceptors (Lipinski definition) is 3. The van der Waals surface area contributed by atoms with Crippen molar-refractivity contribution < 1.29 is 14.6 Å². The summed E-state index contributed by atoms with van der Waals surface area (Å²) in [6, 6.07) is 3.62. The number of fused-ring (bicyclic) bond motifs is 1. The zero-order chi connectivity index (χ0) is 13.8. The average molecular weight is 284 g/mol. The van der Waals surface area contributed by atoms with E-state index in [1.165, 1.54) is 0 Å². The quantitative estimate of drug-likeness (QED) is 0.787. The van der Waals surface area contributed by atoms with Crippen molar-refractivity contribution in [1.82, 2.24) is 0 Å². The van der Waals surface area contributed by atoms with Gasteiger partial charge in [-0.3, -0.25) is 4.79 Å². The topological polar surface area (TPSA) is 72.6 Å². The van der Waals surface area contributed by atoms with E-state index in [1.807, 2.05) is 12.1 Å². The predicted molar refractivity (Wildman–Crippen MR) is 73.7 cm³/mol. The fourth-order valence-corrected chi connectivity index (χ4v) is 2.62. The van der Waals surface area contributed by atoms with E-state index in [0.717, 1.165) is 36.1 Å². The van der Waals surface area contributed by atoms with Gasteiger partial charge in [0.25, 0.3) is 0 Å². The number of carbonyl (C=O) groups is 1. The fourth-order valence-electron chi connectivity index (χ4n) is 2.37. The third-order valence-electron chi connectivity index (χ3n) is 3.33. The van der Waals surface area contributed by atoms with Gasteiger partial charge in [0.1, 0.15) is 5.75 Å². The molecule has 1 heterocycles. The molecule has 3 N–H and O–H groups in total. The highest BCUT2D eigenvalue weighted by Gasteiger charge is 2.21. The van der Waals surface area contributed by atoms with E-state index in [1.54, 1.807) is 0 Å². The highest BCUT2D eigenvalue weighted by molar-refractivity contribution is 6.30. The lowest BCUT2D eigenvalue weighted by atomic mass is 9.98. The van der Waals surface area contributed by atoms with Crippen molar-refractivity contribution in [2.24, 2.45) is 5.73 Å². The number of halogens is 1. The molecule has 1 aliphatic heterocycles. The molecule has 1 unspecified atom stereocenters. The maximum absolute atomic E-state index is 10.4. The maximum atomic E-state index is 10.4. The zero-order valence-corrected chi connectivity index (χ0v) is 11.4. The molecule has 0 aliphatic carbocycles. The van der Waals surface area contributed by atoms with Crippen LogP contribution in [-0.4, -0.2) is 17.7 Å². The average Bonchev–Trinajstić information content (AvgIpc) is 2.80. The summed E-state index contributed by atoms with van der Waals surface area (Å²) < 4.78 is 5.62. The molecule has 0 saturated heterocycles. The minimum atomic E-state index is -0.763. The molecular formula is C14H18ClNO3. The van der Waals surface area contributed by atoms with Crippen LogP contribution in [-0.2, 0) is 11.2 Å². The first-order chi connectivity index (χ1) is 9.08. The SMILES string of the molecule is NC(CCCCC(=O)O)c1cc(Cl)cc2c1OCC2. The van der Waals surface area contributed by atoms with Crippen LogP contribution in [0, 0.1) is 0 Å². The molecule has 1 aromatic carbocycles. The van der Waals surface area contributed by atoms with E-state index >= 15 is 0 Å². The van der Waals surface area contributed by atoms with Crippen molar-refractivity contribution in [3.63, 3.8) is 0 Å². The first-order valence-corrected chi connectivity index (χ1v) is 6.88. The molecular weight excluding hydrogens is 266 g/mol. The minimum Gasteiger partial charge on any atom is -0.493 e. The molecule has 1 aromatic rings. The molecule has 1 aliphatic rings. The third kappa shape index (κ3) is 3.61. The molecule has 104 valence electrons. The summed E-state index contributed by atoms with van der Waals surface area (Å²) in [7, 11) is 0. The maximum Gasteiger partial charge on any atom is 0.303 e. The van der Waals surface area contributed by atoms with E-state index in [4.69, 9.17) is 27.2 Å². The first-order valence-electron chi connectivity index (χ1n) is 6.50. The number of ether oxygens (including phenoxy) is 1. The number of rotatable bonds is 6. The lowest BCUT2D eigenvalue weighted by molar-refractivity contribution is -0.137. The van der Waals surface area contributed by atoms with Crippen molar-refractivity contribution in [3.8, 4) is 5.75 Å².